The lowest BCUT2D eigenvalue weighted by atomic mass is 10.1. The quantitative estimate of drug-likeness (QED) is 0.813. The van der Waals surface area contributed by atoms with Gasteiger partial charge in [0.2, 0.25) is 5.91 Å². The predicted molar refractivity (Wildman–Crippen MR) is 90.9 cm³/mol. The van der Waals surface area contributed by atoms with Crippen LogP contribution in [0.15, 0.2) is 43.1 Å². The molecular weight excluding hydrogens is 302 g/mol. The van der Waals surface area contributed by atoms with Crippen molar-refractivity contribution in [3.05, 3.63) is 54.4 Å². The van der Waals surface area contributed by atoms with Crippen molar-refractivity contribution >= 4 is 5.91 Å². The number of carbonyl (C=O) groups excluding carboxylic acids is 1. The zero-order valence-electron chi connectivity index (χ0n) is 14.0. The fraction of sp³-hybridized carbons (Fsp3) is 0.444. The molecule has 6 heteroatoms. The van der Waals surface area contributed by atoms with E-state index in [-0.39, 0.29) is 11.9 Å². The van der Waals surface area contributed by atoms with Gasteiger partial charge in [0.15, 0.2) is 0 Å². The summed E-state index contributed by atoms with van der Waals surface area (Å²) in [4.78, 5) is 29.4. The lowest BCUT2D eigenvalue weighted by Gasteiger charge is -2.25. The summed E-state index contributed by atoms with van der Waals surface area (Å²) in [6, 6.07) is 4.06. The van der Waals surface area contributed by atoms with Crippen molar-refractivity contribution in [2.24, 2.45) is 0 Å². The molecule has 0 bridgehead atoms. The molecule has 3 heterocycles. The monoisotopic (exact) mass is 325 g/mol. The van der Waals surface area contributed by atoms with Gasteiger partial charge in [-0.2, -0.15) is 0 Å². The molecule has 0 aliphatic carbocycles. The van der Waals surface area contributed by atoms with Crippen LogP contribution in [0.1, 0.15) is 36.6 Å². The molecule has 1 aliphatic rings. The minimum absolute atomic E-state index is 0.0785. The molecule has 0 saturated carbocycles. The molecule has 126 valence electrons. The van der Waals surface area contributed by atoms with Crippen LogP contribution >= 0.6 is 0 Å². The van der Waals surface area contributed by atoms with Gasteiger partial charge < -0.3 is 9.80 Å². The van der Waals surface area contributed by atoms with Gasteiger partial charge in [-0.1, -0.05) is 6.07 Å². The van der Waals surface area contributed by atoms with Crippen molar-refractivity contribution < 1.29 is 4.79 Å². The van der Waals surface area contributed by atoms with Crippen molar-refractivity contribution in [2.45, 2.75) is 31.8 Å². The lowest BCUT2D eigenvalue weighted by Crippen LogP contribution is -2.33. The molecule has 2 aromatic rings. The van der Waals surface area contributed by atoms with Crippen LogP contribution in [0.2, 0.25) is 0 Å². The second-order valence-electron chi connectivity index (χ2n) is 6.22. The number of pyridine rings is 1. The molecule has 0 radical (unpaired) electrons. The van der Waals surface area contributed by atoms with E-state index in [2.05, 4.69) is 25.9 Å². The first kappa shape index (κ1) is 16.5. The van der Waals surface area contributed by atoms with Crippen molar-refractivity contribution in [3.8, 4) is 0 Å². The minimum atomic E-state index is 0.0785. The van der Waals surface area contributed by atoms with Crippen LogP contribution in [0, 0.1) is 0 Å². The van der Waals surface area contributed by atoms with Gasteiger partial charge in [0.05, 0.1) is 17.9 Å². The summed E-state index contributed by atoms with van der Waals surface area (Å²) in [5.74, 6) is 0.196. The fourth-order valence-electron chi connectivity index (χ4n) is 3.17. The third-order valence-corrected chi connectivity index (χ3v) is 4.38. The minimum Gasteiger partial charge on any atom is -0.334 e. The van der Waals surface area contributed by atoms with Gasteiger partial charge in [-0.15, -0.1) is 0 Å². The molecule has 1 fully saturated rings. The Balaban J connectivity index is 1.53. The van der Waals surface area contributed by atoms with Crippen molar-refractivity contribution in [3.63, 3.8) is 0 Å². The maximum atomic E-state index is 12.6. The number of rotatable bonds is 6. The van der Waals surface area contributed by atoms with E-state index in [0.29, 0.717) is 6.42 Å². The third-order valence-electron chi connectivity index (χ3n) is 4.38. The predicted octanol–water partition coefficient (Wildman–Crippen LogP) is 2.06. The van der Waals surface area contributed by atoms with E-state index in [1.54, 1.807) is 24.8 Å². The summed E-state index contributed by atoms with van der Waals surface area (Å²) in [5.41, 5.74) is 2.05. The Morgan fingerprint density at radius 3 is 2.92 bits per heavy atom. The lowest BCUT2D eigenvalue weighted by molar-refractivity contribution is -0.132. The number of amides is 1. The van der Waals surface area contributed by atoms with Crippen molar-refractivity contribution in [1.29, 1.82) is 0 Å². The van der Waals surface area contributed by atoms with Crippen molar-refractivity contribution in [2.75, 3.05) is 20.1 Å². The van der Waals surface area contributed by atoms with Crippen LogP contribution in [0.5, 0.6) is 0 Å². The first-order valence-electron chi connectivity index (χ1n) is 8.37. The van der Waals surface area contributed by atoms with E-state index in [1.807, 2.05) is 24.2 Å². The molecule has 1 saturated heterocycles. The summed E-state index contributed by atoms with van der Waals surface area (Å²) >= 11 is 0. The highest BCUT2D eigenvalue weighted by Crippen LogP contribution is 2.30. The molecule has 1 atom stereocenters. The van der Waals surface area contributed by atoms with Crippen LogP contribution in [0.25, 0.3) is 0 Å². The van der Waals surface area contributed by atoms with E-state index >= 15 is 0 Å². The highest BCUT2D eigenvalue weighted by Gasteiger charge is 2.30. The second-order valence-corrected chi connectivity index (χ2v) is 6.22. The zero-order valence-corrected chi connectivity index (χ0v) is 14.0. The summed E-state index contributed by atoms with van der Waals surface area (Å²) in [6.45, 7) is 2.35. The summed E-state index contributed by atoms with van der Waals surface area (Å²) < 4.78 is 0. The Kier molecular flexibility index (Phi) is 5.48. The maximum absolute atomic E-state index is 12.6. The SMILES string of the molecule is CN(CCC(=O)N1CCC[C@@H]1c1cnccn1)Cc1cccnc1. The van der Waals surface area contributed by atoms with Gasteiger partial charge in [-0.3, -0.25) is 19.7 Å². The number of likely N-dealkylation sites (tertiary alicyclic amines) is 1. The Morgan fingerprint density at radius 1 is 1.29 bits per heavy atom. The third kappa shape index (κ3) is 4.14. The average Bonchev–Trinajstić information content (AvgIpc) is 3.11. The molecule has 0 N–H and O–H groups in total. The molecule has 0 aromatic carbocycles. The summed E-state index contributed by atoms with van der Waals surface area (Å²) in [7, 11) is 2.03. The molecule has 3 rings (SSSR count). The largest absolute Gasteiger partial charge is 0.334 e. The van der Waals surface area contributed by atoms with E-state index in [9.17, 15) is 4.79 Å². The fourth-order valence-corrected chi connectivity index (χ4v) is 3.17. The topological polar surface area (TPSA) is 62.2 Å². The standard InChI is InChI=1S/C18H23N5O/c1-22(14-15-4-2-7-19-12-15)11-6-18(24)23-10-3-5-17(23)16-13-20-8-9-21-16/h2,4,7-9,12-13,17H,3,5-6,10-11,14H2,1H3/t17-/m1/s1. The Morgan fingerprint density at radius 2 is 2.17 bits per heavy atom. The molecule has 6 nitrogen and oxygen atoms in total. The Hall–Kier alpha value is -2.34. The maximum Gasteiger partial charge on any atom is 0.224 e. The van der Waals surface area contributed by atoms with Gasteiger partial charge >= 0.3 is 0 Å². The smallest absolute Gasteiger partial charge is 0.224 e. The number of aromatic nitrogens is 3. The van der Waals surface area contributed by atoms with Crippen LogP contribution in [-0.2, 0) is 11.3 Å². The van der Waals surface area contributed by atoms with E-state index < -0.39 is 0 Å². The zero-order chi connectivity index (χ0) is 16.8. The molecular formula is C18H23N5O. The highest BCUT2D eigenvalue weighted by atomic mass is 16.2. The Labute approximate surface area is 142 Å². The summed E-state index contributed by atoms with van der Waals surface area (Å²) in [6.07, 6.45) is 11.3. The first-order chi connectivity index (χ1) is 11.7. The number of hydrogen-bond donors (Lipinski definition) is 0. The Bertz CT molecular complexity index is 649. The average molecular weight is 325 g/mol. The molecule has 0 unspecified atom stereocenters. The highest BCUT2D eigenvalue weighted by molar-refractivity contribution is 5.77. The molecule has 0 spiro atoms. The number of hydrogen-bond acceptors (Lipinski definition) is 5. The number of carbonyl (C=O) groups is 1. The van der Waals surface area contributed by atoms with E-state index in [0.717, 1.165) is 43.7 Å². The molecule has 1 aliphatic heterocycles. The van der Waals surface area contributed by atoms with Crippen LogP contribution < -0.4 is 0 Å². The van der Waals surface area contributed by atoms with Gasteiger partial charge in [0.1, 0.15) is 0 Å². The van der Waals surface area contributed by atoms with E-state index in [4.69, 9.17) is 0 Å². The van der Waals surface area contributed by atoms with Crippen LogP contribution in [-0.4, -0.2) is 50.8 Å². The van der Waals surface area contributed by atoms with Crippen LogP contribution in [0.4, 0.5) is 0 Å². The van der Waals surface area contributed by atoms with Gasteiger partial charge in [-0.25, -0.2) is 0 Å². The second kappa shape index (κ2) is 7.97. The number of nitrogens with zero attached hydrogens (tertiary/aromatic N) is 5. The normalized spacial score (nSPS) is 17.4. The molecule has 1 amide bonds. The summed E-state index contributed by atoms with van der Waals surface area (Å²) in [5, 5.41) is 0. The molecule has 2 aromatic heterocycles. The van der Waals surface area contributed by atoms with Gasteiger partial charge in [0.25, 0.3) is 0 Å². The van der Waals surface area contributed by atoms with Crippen molar-refractivity contribution in [1.82, 2.24) is 24.8 Å². The first-order valence-corrected chi connectivity index (χ1v) is 8.37. The van der Waals surface area contributed by atoms with E-state index in [1.165, 1.54) is 0 Å². The van der Waals surface area contributed by atoms with Crippen LogP contribution in [0.3, 0.4) is 0 Å². The molecule has 24 heavy (non-hydrogen) atoms. The van der Waals surface area contributed by atoms with Gasteiger partial charge in [0, 0.05) is 50.8 Å². The van der Waals surface area contributed by atoms with Gasteiger partial charge in [-0.05, 0) is 31.5 Å².